The van der Waals surface area contributed by atoms with Gasteiger partial charge in [0.1, 0.15) is 5.69 Å². The van der Waals surface area contributed by atoms with Gasteiger partial charge in [0.2, 0.25) is 0 Å². The summed E-state index contributed by atoms with van der Waals surface area (Å²) in [4.78, 5) is 13.4. The normalized spacial score (nSPS) is 16.7. The highest BCUT2D eigenvalue weighted by atomic mass is 16.6. The van der Waals surface area contributed by atoms with Crippen LogP contribution in [0.5, 0.6) is 0 Å². The molecule has 0 saturated carbocycles. The summed E-state index contributed by atoms with van der Waals surface area (Å²) in [6.07, 6.45) is 3.91. The summed E-state index contributed by atoms with van der Waals surface area (Å²) in [5, 5.41) is 37.1. The van der Waals surface area contributed by atoms with Crippen molar-refractivity contribution in [1.29, 1.82) is 0 Å². The molecule has 8 nitrogen and oxygen atoms in total. The predicted octanol–water partition coefficient (Wildman–Crippen LogP) is 3.09. The molecule has 0 unspecified atom stereocenters. The Balaban J connectivity index is 1.87. The van der Waals surface area contributed by atoms with Crippen LogP contribution in [0.1, 0.15) is 47.0 Å². The molecule has 0 spiro atoms. The topological polar surface area (TPSA) is 105 Å². The number of fused-ring (bicyclic) bond motifs is 1. The van der Waals surface area contributed by atoms with Crippen molar-refractivity contribution in [3.8, 4) is 0 Å². The number of hydrogen-bond donors (Lipinski definition) is 2. The van der Waals surface area contributed by atoms with Gasteiger partial charge in [-0.15, -0.1) is 0 Å². The zero-order chi connectivity index (χ0) is 20.7. The van der Waals surface area contributed by atoms with Crippen LogP contribution in [0.15, 0.2) is 18.3 Å². The number of rotatable bonds is 6. The van der Waals surface area contributed by atoms with E-state index < -0.39 is 11.2 Å². The minimum absolute atomic E-state index is 0.0799. The minimum atomic E-state index is -0.792. The Kier molecular flexibility index (Phi) is 5.38. The first-order valence-electron chi connectivity index (χ1n) is 9.79. The molecule has 2 N–H and O–H groups in total. The van der Waals surface area contributed by atoms with Crippen LogP contribution in [0.25, 0.3) is 10.9 Å². The zero-order valence-corrected chi connectivity index (χ0v) is 17.1. The van der Waals surface area contributed by atoms with Gasteiger partial charge in [-0.05, 0) is 58.9 Å². The average molecular weight is 390 g/mol. The number of piperidine rings is 1. The first-order chi connectivity index (χ1) is 12.9. The number of benzene rings is 1. The molecule has 1 aromatic heterocycles. The van der Waals surface area contributed by atoms with Gasteiger partial charge < -0.3 is 15.1 Å². The summed E-state index contributed by atoms with van der Waals surface area (Å²) in [6.45, 7) is 9.01. The molecule has 8 heteroatoms. The van der Waals surface area contributed by atoms with E-state index >= 15 is 0 Å². The number of aliphatic hydroxyl groups is 2. The van der Waals surface area contributed by atoms with Crippen LogP contribution in [0.3, 0.4) is 0 Å². The Morgan fingerprint density at radius 1 is 1.21 bits per heavy atom. The highest BCUT2D eigenvalue weighted by Crippen LogP contribution is 2.36. The SMILES string of the molecule is CC(C)(O)CCn1cc2cc([N+](=O)[O-])c(N3CCC(C(C)(C)O)CC3)cc2n1. The highest BCUT2D eigenvalue weighted by molar-refractivity contribution is 5.87. The third kappa shape index (κ3) is 4.62. The van der Waals surface area contributed by atoms with Crippen LogP contribution in [0, 0.1) is 16.0 Å². The van der Waals surface area contributed by atoms with Gasteiger partial charge in [0.25, 0.3) is 5.69 Å². The molecule has 0 bridgehead atoms. The van der Waals surface area contributed by atoms with Crippen molar-refractivity contribution < 1.29 is 15.1 Å². The van der Waals surface area contributed by atoms with Crippen LogP contribution in [-0.2, 0) is 6.54 Å². The molecule has 0 amide bonds. The molecule has 1 aromatic carbocycles. The Morgan fingerprint density at radius 2 is 1.86 bits per heavy atom. The number of aryl methyl sites for hydroxylation is 1. The van der Waals surface area contributed by atoms with Crippen molar-refractivity contribution in [3.63, 3.8) is 0 Å². The standard InChI is InChI=1S/C20H30N4O4/c1-19(2,25)7-10-23-13-14-11-18(24(27)28)17(12-16(14)21-23)22-8-5-15(6-9-22)20(3,4)26/h11-13,15,25-26H,5-10H2,1-4H3. The lowest BCUT2D eigenvalue weighted by Crippen LogP contribution is -2.42. The smallest absolute Gasteiger partial charge is 0.293 e. The summed E-state index contributed by atoms with van der Waals surface area (Å²) < 4.78 is 1.73. The third-order valence-corrected chi connectivity index (χ3v) is 5.63. The lowest BCUT2D eigenvalue weighted by molar-refractivity contribution is -0.384. The van der Waals surface area contributed by atoms with Crippen molar-refractivity contribution in [3.05, 3.63) is 28.4 Å². The maximum atomic E-state index is 11.7. The predicted molar refractivity (Wildman–Crippen MR) is 109 cm³/mol. The molecule has 1 saturated heterocycles. The highest BCUT2D eigenvalue weighted by Gasteiger charge is 2.32. The molecule has 154 valence electrons. The number of nitro benzene ring substituents is 1. The van der Waals surface area contributed by atoms with E-state index in [9.17, 15) is 20.3 Å². The fraction of sp³-hybridized carbons (Fsp3) is 0.650. The molecule has 2 aromatic rings. The molecular weight excluding hydrogens is 360 g/mol. The maximum absolute atomic E-state index is 11.7. The second-order valence-electron chi connectivity index (χ2n) is 9.03. The number of anilines is 1. The van der Waals surface area contributed by atoms with Crippen LogP contribution >= 0.6 is 0 Å². The van der Waals surface area contributed by atoms with E-state index in [0.717, 1.165) is 18.2 Å². The fourth-order valence-electron chi connectivity index (χ4n) is 3.83. The molecule has 3 rings (SSSR count). The van der Waals surface area contributed by atoms with Crippen molar-refractivity contribution in [2.45, 2.75) is 64.7 Å². The van der Waals surface area contributed by atoms with Crippen LogP contribution in [-0.4, -0.2) is 49.2 Å². The maximum Gasteiger partial charge on any atom is 0.293 e. The van der Waals surface area contributed by atoms with Gasteiger partial charge in [0.15, 0.2) is 0 Å². The van der Waals surface area contributed by atoms with Gasteiger partial charge in [-0.1, -0.05) is 0 Å². The van der Waals surface area contributed by atoms with Crippen LogP contribution in [0.2, 0.25) is 0 Å². The first-order valence-corrected chi connectivity index (χ1v) is 9.79. The molecule has 1 fully saturated rings. The molecule has 1 aliphatic rings. The van der Waals surface area contributed by atoms with Crippen molar-refractivity contribution in [1.82, 2.24) is 9.78 Å². The Morgan fingerprint density at radius 3 is 2.39 bits per heavy atom. The number of aromatic nitrogens is 2. The average Bonchev–Trinajstić information content (AvgIpc) is 2.99. The van der Waals surface area contributed by atoms with E-state index in [0.29, 0.717) is 37.3 Å². The van der Waals surface area contributed by atoms with E-state index in [2.05, 4.69) is 5.10 Å². The second kappa shape index (κ2) is 7.33. The van der Waals surface area contributed by atoms with E-state index in [1.165, 1.54) is 0 Å². The Labute approximate surface area is 164 Å². The Bertz CT molecular complexity index is 855. The largest absolute Gasteiger partial charge is 0.390 e. The lowest BCUT2D eigenvalue weighted by atomic mass is 9.83. The second-order valence-corrected chi connectivity index (χ2v) is 9.03. The van der Waals surface area contributed by atoms with Crippen molar-refractivity contribution in [2.24, 2.45) is 5.92 Å². The molecule has 0 radical (unpaired) electrons. The van der Waals surface area contributed by atoms with Crippen LogP contribution < -0.4 is 4.90 Å². The lowest BCUT2D eigenvalue weighted by Gasteiger charge is -2.38. The molecule has 2 heterocycles. The molecule has 28 heavy (non-hydrogen) atoms. The third-order valence-electron chi connectivity index (χ3n) is 5.63. The summed E-state index contributed by atoms with van der Waals surface area (Å²) >= 11 is 0. The van der Waals surface area contributed by atoms with Gasteiger partial charge >= 0.3 is 0 Å². The minimum Gasteiger partial charge on any atom is -0.390 e. The molecule has 0 aliphatic carbocycles. The number of hydrogen-bond acceptors (Lipinski definition) is 6. The first kappa shape index (κ1) is 20.5. The number of nitro groups is 1. The summed E-state index contributed by atoms with van der Waals surface area (Å²) in [5.41, 5.74) is -0.155. The summed E-state index contributed by atoms with van der Waals surface area (Å²) in [5.74, 6) is 0.188. The molecule has 1 aliphatic heterocycles. The van der Waals surface area contributed by atoms with Gasteiger partial charge in [-0.3, -0.25) is 14.8 Å². The number of nitrogens with zero attached hydrogens (tertiary/aromatic N) is 4. The van der Waals surface area contributed by atoms with Crippen molar-refractivity contribution >= 4 is 22.3 Å². The monoisotopic (exact) mass is 390 g/mol. The molecule has 0 atom stereocenters. The van der Waals surface area contributed by atoms with Crippen LogP contribution in [0.4, 0.5) is 11.4 Å². The fourth-order valence-corrected chi connectivity index (χ4v) is 3.83. The zero-order valence-electron chi connectivity index (χ0n) is 17.1. The quantitative estimate of drug-likeness (QED) is 0.580. The van der Waals surface area contributed by atoms with E-state index in [4.69, 9.17) is 0 Å². The van der Waals surface area contributed by atoms with Gasteiger partial charge in [0.05, 0.1) is 21.6 Å². The molecular formula is C20H30N4O4. The van der Waals surface area contributed by atoms with E-state index in [-0.39, 0.29) is 16.5 Å². The van der Waals surface area contributed by atoms with Gasteiger partial charge in [-0.2, -0.15) is 5.10 Å². The van der Waals surface area contributed by atoms with Crippen molar-refractivity contribution in [2.75, 3.05) is 18.0 Å². The summed E-state index contributed by atoms with van der Waals surface area (Å²) in [6, 6.07) is 3.37. The van der Waals surface area contributed by atoms with Gasteiger partial charge in [-0.25, -0.2) is 0 Å². The van der Waals surface area contributed by atoms with E-state index in [1.54, 1.807) is 36.9 Å². The summed E-state index contributed by atoms with van der Waals surface area (Å²) in [7, 11) is 0. The Hall–Kier alpha value is -2.19. The van der Waals surface area contributed by atoms with E-state index in [1.807, 2.05) is 18.7 Å². The van der Waals surface area contributed by atoms with Gasteiger partial charge in [0, 0.05) is 37.3 Å².